The molecule has 3 aliphatic carbocycles. The van der Waals surface area contributed by atoms with Crippen LogP contribution in [0.15, 0.2) is 121 Å². The van der Waals surface area contributed by atoms with Crippen molar-refractivity contribution in [2.75, 3.05) is 0 Å². The van der Waals surface area contributed by atoms with Crippen LogP contribution >= 0.6 is 17.0 Å². The van der Waals surface area contributed by atoms with Crippen molar-refractivity contribution in [1.82, 2.24) is 0 Å². The summed E-state index contributed by atoms with van der Waals surface area (Å²) in [7, 11) is 9.87. The van der Waals surface area contributed by atoms with Gasteiger partial charge in [0.25, 0.3) is 0 Å². The second-order valence-corrected chi connectivity index (χ2v) is 12.0. The Kier molecular flexibility index (Phi) is 17.8. The van der Waals surface area contributed by atoms with Crippen molar-refractivity contribution >= 4 is 40.0 Å². The fourth-order valence-corrected chi connectivity index (χ4v) is 4.59. The number of hydrogen-bond donors (Lipinski definition) is 0. The molecule has 4 aromatic rings. The summed E-state index contributed by atoms with van der Waals surface area (Å²) in [6.45, 7) is 0. The smallest absolute Gasteiger partial charge is 0.168 e. The molecule has 3 aliphatic rings. The van der Waals surface area contributed by atoms with E-state index in [1.165, 1.54) is 33.0 Å². The van der Waals surface area contributed by atoms with E-state index >= 15 is 0 Å². The molecular formula is C32H26Cl4Zr2-. The van der Waals surface area contributed by atoms with E-state index in [4.69, 9.17) is 17.0 Å². The minimum Gasteiger partial charge on any atom is -0.168 e. The van der Waals surface area contributed by atoms with Crippen molar-refractivity contribution < 1.29 is 71.9 Å². The Morgan fingerprint density at radius 2 is 1.26 bits per heavy atom. The molecule has 0 aromatic heterocycles. The predicted octanol–water partition coefficient (Wildman–Crippen LogP) is 3.85. The average Bonchev–Trinajstić information content (AvgIpc) is 3.71. The van der Waals surface area contributed by atoms with Gasteiger partial charge >= 0.3 is 64.1 Å². The molecule has 0 saturated carbocycles. The summed E-state index contributed by atoms with van der Waals surface area (Å²) in [5, 5.41) is 2.66. The van der Waals surface area contributed by atoms with Gasteiger partial charge in [-0.05, 0) is 22.3 Å². The van der Waals surface area contributed by atoms with Crippen molar-refractivity contribution in [3.63, 3.8) is 0 Å². The molecule has 1 radical (unpaired) electrons. The third kappa shape index (κ3) is 9.66. The maximum Gasteiger partial charge on any atom is 3.00 e. The van der Waals surface area contributed by atoms with Gasteiger partial charge in [-0.2, -0.15) is 23.6 Å². The summed E-state index contributed by atoms with van der Waals surface area (Å²) in [5.41, 5.74) is 5.67. The van der Waals surface area contributed by atoms with Gasteiger partial charge in [-0.3, -0.25) is 6.08 Å². The molecule has 2 unspecified atom stereocenters. The Morgan fingerprint density at radius 1 is 0.737 bits per heavy atom. The Hall–Kier alpha value is -0.844. The maximum atomic E-state index is 4.93. The van der Waals surface area contributed by atoms with Gasteiger partial charge in [0.15, 0.2) is 0 Å². The van der Waals surface area contributed by atoms with E-state index in [1.54, 1.807) is 0 Å². The number of halogens is 4. The molecule has 7 rings (SSSR count). The molecule has 0 bridgehead atoms. The maximum absolute atomic E-state index is 4.93. The van der Waals surface area contributed by atoms with Crippen LogP contribution in [-0.4, -0.2) is 0 Å². The molecule has 0 nitrogen and oxygen atoms in total. The minimum absolute atomic E-state index is 0. The molecule has 0 amide bonds. The third-order valence-electron chi connectivity index (χ3n) is 6.20. The molecule has 0 aliphatic heterocycles. The summed E-state index contributed by atoms with van der Waals surface area (Å²) in [4.78, 5) is 0. The monoisotopic (exact) mass is 730 g/mol. The normalized spacial score (nSPS) is 16.1. The van der Waals surface area contributed by atoms with Crippen LogP contribution in [-0.2, 0) is 47.1 Å². The molecule has 0 heterocycles. The zero-order chi connectivity index (χ0) is 24.3. The van der Waals surface area contributed by atoms with Gasteiger partial charge < -0.3 is 24.8 Å². The van der Waals surface area contributed by atoms with E-state index < -0.39 is 20.8 Å². The van der Waals surface area contributed by atoms with Crippen LogP contribution in [0.5, 0.6) is 0 Å². The van der Waals surface area contributed by atoms with Crippen LogP contribution in [0.2, 0.25) is 0 Å². The van der Waals surface area contributed by atoms with E-state index in [0.29, 0.717) is 11.8 Å². The van der Waals surface area contributed by atoms with E-state index in [2.05, 4.69) is 127 Å². The molecule has 38 heavy (non-hydrogen) atoms. The van der Waals surface area contributed by atoms with Crippen LogP contribution in [0.4, 0.5) is 0 Å². The second kappa shape index (κ2) is 19.3. The van der Waals surface area contributed by atoms with Gasteiger partial charge in [0.05, 0.1) is 0 Å². The first-order chi connectivity index (χ1) is 17.3. The van der Waals surface area contributed by atoms with Crippen LogP contribution in [0, 0.1) is 6.08 Å². The predicted molar refractivity (Wildman–Crippen MR) is 149 cm³/mol. The van der Waals surface area contributed by atoms with Crippen LogP contribution in [0.3, 0.4) is 0 Å². The Labute approximate surface area is 276 Å². The fourth-order valence-electron chi connectivity index (χ4n) is 4.59. The largest absolute Gasteiger partial charge is 3.00 e. The Bertz CT molecular complexity index is 1250. The number of hydrogen-bond acceptors (Lipinski definition) is 0. The quantitative estimate of drug-likeness (QED) is 0.261. The third-order valence-corrected chi connectivity index (χ3v) is 6.20. The van der Waals surface area contributed by atoms with Crippen molar-refractivity contribution in [1.29, 1.82) is 0 Å². The van der Waals surface area contributed by atoms with Crippen molar-refractivity contribution in [3.05, 3.63) is 150 Å². The van der Waals surface area contributed by atoms with Crippen molar-refractivity contribution in [2.24, 2.45) is 0 Å². The zero-order valence-corrected chi connectivity index (χ0v) is 28.5. The summed E-state index contributed by atoms with van der Waals surface area (Å²) in [6, 6.07) is 32.1. The minimum atomic E-state index is -0.826. The summed E-state index contributed by atoms with van der Waals surface area (Å²) in [6.07, 6.45) is 19.2. The first kappa shape index (κ1) is 35.2. The fraction of sp³-hybridized carbons (Fsp3) is 0.0938. The molecule has 0 spiro atoms. The van der Waals surface area contributed by atoms with Crippen LogP contribution in [0.25, 0.3) is 22.9 Å². The van der Waals surface area contributed by atoms with E-state index in [1.807, 2.05) is 12.2 Å². The van der Waals surface area contributed by atoms with Gasteiger partial charge in [-0.1, -0.05) is 78.9 Å². The summed E-state index contributed by atoms with van der Waals surface area (Å²) in [5.74, 6) is 1.00. The summed E-state index contributed by atoms with van der Waals surface area (Å²) >= 11 is -0.826. The molecule has 0 fully saturated rings. The average molecular weight is 735 g/mol. The van der Waals surface area contributed by atoms with Crippen molar-refractivity contribution in [2.45, 2.75) is 18.3 Å². The first-order valence-electron chi connectivity index (χ1n) is 11.6. The van der Waals surface area contributed by atoms with Crippen LogP contribution in [0.1, 0.15) is 40.5 Å². The van der Waals surface area contributed by atoms with E-state index in [-0.39, 0.29) is 51.0 Å². The Balaban J connectivity index is 0.000000305. The molecule has 4 aromatic carbocycles. The molecule has 0 N–H and O–H groups in total. The molecule has 6 heteroatoms. The number of rotatable bonds is 1. The van der Waals surface area contributed by atoms with Crippen LogP contribution < -0.4 is 24.8 Å². The van der Waals surface area contributed by atoms with Gasteiger partial charge in [0.2, 0.25) is 0 Å². The zero-order valence-electron chi connectivity index (χ0n) is 20.6. The number of allylic oxidation sites excluding steroid dienone is 6. The summed E-state index contributed by atoms with van der Waals surface area (Å²) < 4.78 is 0. The molecule has 2 atom stereocenters. The van der Waals surface area contributed by atoms with Gasteiger partial charge in [0.1, 0.15) is 0 Å². The SMILES string of the molecule is C1=CC(C2C=Cc3ccccc32)c2ccccc21.[C-]1=CC=CC1.[Cl-].[Cl-].[Cl][Zr][Cl].[Zr+3].c1ccc2[cH-]ccc2c1. The van der Waals surface area contributed by atoms with E-state index in [9.17, 15) is 0 Å². The standard InChI is InChI=1S/C18H14.C9H7.C5H5.4ClH.2Zr/c1-3-7-15-13(5-1)9-11-17(15)18-12-10-14-6-2-4-8-16(14)18;1-2-5-9-7-3-6-8(9)4-1;1-2-4-5-3-1;;;;;;/h1-12,17-18H;1-7H;1-3H,4H2;4*1H;;/q;2*-1;;;;;+2;+3/p-4. The second-order valence-electron chi connectivity index (χ2n) is 8.26. The van der Waals surface area contributed by atoms with Crippen molar-refractivity contribution in [3.8, 4) is 0 Å². The molecule has 0 saturated heterocycles. The number of benzene rings is 3. The molecule has 191 valence electrons. The Morgan fingerprint density at radius 3 is 1.74 bits per heavy atom. The topological polar surface area (TPSA) is 0 Å². The number of fused-ring (bicyclic) bond motifs is 3. The van der Waals surface area contributed by atoms with Gasteiger partial charge in [-0.25, -0.2) is 12.2 Å². The molecular weight excluding hydrogens is 709 g/mol. The van der Waals surface area contributed by atoms with Gasteiger partial charge in [0, 0.05) is 11.8 Å². The first-order valence-corrected chi connectivity index (χ1v) is 18.0. The van der Waals surface area contributed by atoms with Gasteiger partial charge in [-0.15, -0.1) is 36.1 Å². The van der Waals surface area contributed by atoms with E-state index in [0.717, 1.165) is 6.42 Å².